The molecule has 0 aromatic rings. The highest BCUT2D eigenvalue weighted by Crippen LogP contribution is 2.20. The summed E-state index contributed by atoms with van der Waals surface area (Å²) in [6.45, 7) is 8.97. The maximum atomic E-state index is 11.7. The lowest BCUT2D eigenvalue weighted by atomic mass is 9.87. The molecule has 102 valence electrons. The monoisotopic (exact) mass is 244 g/mol. The molecule has 0 saturated carbocycles. The van der Waals surface area contributed by atoms with Crippen LogP contribution in [0.4, 0.5) is 0 Å². The van der Waals surface area contributed by atoms with Crippen molar-refractivity contribution in [2.45, 2.75) is 59.0 Å². The smallest absolute Gasteiger partial charge is 0.221 e. The molecule has 1 amide bonds. The van der Waals surface area contributed by atoms with Gasteiger partial charge in [0.15, 0.2) is 0 Å². The molecule has 2 atom stereocenters. The number of amides is 1. The van der Waals surface area contributed by atoms with E-state index in [2.05, 4.69) is 26.1 Å². The van der Waals surface area contributed by atoms with Gasteiger partial charge in [-0.3, -0.25) is 4.79 Å². The van der Waals surface area contributed by atoms with Crippen LogP contribution in [0.1, 0.15) is 47.0 Å². The molecule has 0 aliphatic carbocycles. The van der Waals surface area contributed by atoms with Crippen molar-refractivity contribution in [1.29, 1.82) is 0 Å². The van der Waals surface area contributed by atoms with Gasteiger partial charge in [0.25, 0.3) is 0 Å². The van der Waals surface area contributed by atoms with Crippen molar-refractivity contribution < 1.29 is 9.53 Å². The molecule has 0 rings (SSSR count). The van der Waals surface area contributed by atoms with Gasteiger partial charge in [-0.2, -0.15) is 0 Å². The van der Waals surface area contributed by atoms with Gasteiger partial charge in [0, 0.05) is 19.6 Å². The Kier molecular flexibility index (Phi) is 7.39. The molecule has 0 spiro atoms. The Bertz CT molecular complexity index is 224. The van der Waals surface area contributed by atoms with Crippen LogP contribution in [-0.2, 0) is 9.53 Å². The fourth-order valence-corrected chi connectivity index (χ4v) is 1.85. The Morgan fingerprint density at radius 2 is 2.00 bits per heavy atom. The second kappa shape index (κ2) is 7.67. The molecule has 0 fully saturated rings. The summed E-state index contributed by atoms with van der Waals surface area (Å²) in [5.41, 5.74) is 6.12. The first kappa shape index (κ1) is 16.4. The molecule has 0 aromatic heterocycles. The molecule has 4 heteroatoms. The topological polar surface area (TPSA) is 64.3 Å². The van der Waals surface area contributed by atoms with Crippen molar-refractivity contribution in [2.24, 2.45) is 11.1 Å². The highest BCUT2D eigenvalue weighted by Gasteiger charge is 2.19. The quantitative estimate of drug-likeness (QED) is 0.716. The summed E-state index contributed by atoms with van der Waals surface area (Å²) in [5, 5.41) is 2.94. The third-order valence-electron chi connectivity index (χ3n) is 2.55. The lowest BCUT2D eigenvalue weighted by Gasteiger charge is -2.23. The Hall–Kier alpha value is -0.610. The summed E-state index contributed by atoms with van der Waals surface area (Å²) in [7, 11) is 1.64. The molecule has 0 aliphatic rings. The van der Waals surface area contributed by atoms with Gasteiger partial charge in [0.1, 0.15) is 0 Å². The molecule has 0 aliphatic heterocycles. The van der Waals surface area contributed by atoms with Gasteiger partial charge in [0.05, 0.1) is 12.6 Å². The van der Waals surface area contributed by atoms with Crippen LogP contribution in [0.2, 0.25) is 0 Å². The van der Waals surface area contributed by atoms with Crippen LogP contribution in [0.25, 0.3) is 0 Å². The van der Waals surface area contributed by atoms with E-state index in [4.69, 9.17) is 10.5 Å². The van der Waals surface area contributed by atoms with E-state index in [0.717, 1.165) is 12.8 Å². The minimum absolute atomic E-state index is 0.0191. The van der Waals surface area contributed by atoms with Crippen LogP contribution < -0.4 is 11.1 Å². The molecule has 2 unspecified atom stereocenters. The number of ether oxygens (including phenoxy) is 1. The standard InChI is InChI=1S/C13H28N2O2/c1-6-11(9-17-5)15-12(16)7-10(14)8-13(2,3)4/h10-11H,6-9,14H2,1-5H3,(H,15,16). The fourth-order valence-electron chi connectivity index (χ4n) is 1.85. The first-order valence-electron chi connectivity index (χ1n) is 6.32. The van der Waals surface area contributed by atoms with Gasteiger partial charge in [-0.25, -0.2) is 0 Å². The van der Waals surface area contributed by atoms with Gasteiger partial charge in [-0.1, -0.05) is 27.7 Å². The highest BCUT2D eigenvalue weighted by molar-refractivity contribution is 5.76. The molecule has 0 heterocycles. The lowest BCUT2D eigenvalue weighted by molar-refractivity contribution is -0.122. The van der Waals surface area contributed by atoms with Gasteiger partial charge in [-0.15, -0.1) is 0 Å². The molecule has 4 nitrogen and oxygen atoms in total. The van der Waals surface area contributed by atoms with Crippen LogP contribution >= 0.6 is 0 Å². The number of carbonyl (C=O) groups excluding carboxylic acids is 1. The van der Waals surface area contributed by atoms with Gasteiger partial charge < -0.3 is 15.8 Å². The third-order valence-corrected chi connectivity index (χ3v) is 2.55. The molecular weight excluding hydrogens is 216 g/mol. The zero-order valence-electron chi connectivity index (χ0n) is 11.9. The van der Waals surface area contributed by atoms with Crippen molar-refractivity contribution >= 4 is 5.91 Å². The number of rotatable bonds is 7. The second-order valence-corrected chi connectivity index (χ2v) is 5.86. The Labute approximate surface area is 105 Å². The summed E-state index contributed by atoms with van der Waals surface area (Å²) < 4.78 is 5.04. The molecule has 3 N–H and O–H groups in total. The van der Waals surface area contributed by atoms with Gasteiger partial charge >= 0.3 is 0 Å². The van der Waals surface area contributed by atoms with E-state index in [1.165, 1.54) is 0 Å². The predicted octanol–water partition coefficient (Wildman–Crippen LogP) is 1.68. The zero-order valence-corrected chi connectivity index (χ0v) is 11.9. The zero-order chi connectivity index (χ0) is 13.5. The van der Waals surface area contributed by atoms with E-state index >= 15 is 0 Å². The first-order valence-corrected chi connectivity index (χ1v) is 6.32. The van der Waals surface area contributed by atoms with Crippen LogP contribution in [0.3, 0.4) is 0 Å². The normalized spacial score (nSPS) is 15.4. The van der Waals surface area contributed by atoms with E-state index in [-0.39, 0.29) is 23.4 Å². The average Bonchev–Trinajstić information content (AvgIpc) is 2.13. The highest BCUT2D eigenvalue weighted by atomic mass is 16.5. The van der Waals surface area contributed by atoms with Crippen LogP contribution in [0, 0.1) is 5.41 Å². The first-order chi connectivity index (χ1) is 7.78. The minimum Gasteiger partial charge on any atom is -0.383 e. The lowest BCUT2D eigenvalue weighted by Crippen LogP contribution is -2.41. The number of hydrogen-bond acceptors (Lipinski definition) is 3. The summed E-state index contributed by atoms with van der Waals surface area (Å²) in [6, 6.07) is 0.0180. The number of carbonyl (C=O) groups is 1. The van der Waals surface area contributed by atoms with Gasteiger partial charge in [-0.05, 0) is 18.3 Å². The molecule has 0 aromatic carbocycles. The summed E-state index contributed by atoms with van der Waals surface area (Å²) in [4.78, 5) is 11.7. The largest absolute Gasteiger partial charge is 0.383 e. The number of nitrogens with two attached hydrogens (primary N) is 1. The number of hydrogen-bond donors (Lipinski definition) is 2. The van der Waals surface area contributed by atoms with Crippen LogP contribution in [0.5, 0.6) is 0 Å². The SMILES string of the molecule is CCC(COC)NC(=O)CC(N)CC(C)(C)C. The van der Waals surface area contributed by atoms with E-state index in [9.17, 15) is 4.79 Å². The average molecular weight is 244 g/mol. The number of nitrogens with one attached hydrogen (secondary N) is 1. The summed E-state index contributed by atoms with van der Waals surface area (Å²) in [6.07, 6.45) is 2.10. The van der Waals surface area contributed by atoms with E-state index < -0.39 is 0 Å². The minimum atomic E-state index is -0.0740. The Balaban J connectivity index is 3.99. The van der Waals surface area contributed by atoms with Crippen LogP contribution in [0.15, 0.2) is 0 Å². The molecule has 0 radical (unpaired) electrons. The predicted molar refractivity (Wildman–Crippen MR) is 70.8 cm³/mol. The maximum Gasteiger partial charge on any atom is 0.221 e. The fraction of sp³-hybridized carbons (Fsp3) is 0.923. The third kappa shape index (κ3) is 9.12. The van der Waals surface area contributed by atoms with E-state index in [0.29, 0.717) is 13.0 Å². The summed E-state index contributed by atoms with van der Waals surface area (Å²) >= 11 is 0. The van der Waals surface area contributed by atoms with Crippen molar-refractivity contribution in [2.75, 3.05) is 13.7 Å². The van der Waals surface area contributed by atoms with Gasteiger partial charge in [0.2, 0.25) is 5.91 Å². The molecule has 17 heavy (non-hydrogen) atoms. The van der Waals surface area contributed by atoms with Crippen molar-refractivity contribution in [3.05, 3.63) is 0 Å². The second-order valence-electron chi connectivity index (χ2n) is 5.86. The van der Waals surface area contributed by atoms with Crippen molar-refractivity contribution in [3.8, 4) is 0 Å². The molecule has 0 bridgehead atoms. The Morgan fingerprint density at radius 3 is 2.41 bits per heavy atom. The van der Waals surface area contributed by atoms with Crippen LogP contribution in [-0.4, -0.2) is 31.7 Å². The summed E-state index contributed by atoms with van der Waals surface area (Å²) in [5.74, 6) is 0.0191. The van der Waals surface area contributed by atoms with E-state index in [1.54, 1.807) is 7.11 Å². The Morgan fingerprint density at radius 1 is 1.41 bits per heavy atom. The van der Waals surface area contributed by atoms with E-state index in [1.807, 2.05) is 6.92 Å². The maximum absolute atomic E-state index is 11.7. The number of methoxy groups -OCH3 is 1. The molecular formula is C13H28N2O2. The van der Waals surface area contributed by atoms with Crippen molar-refractivity contribution in [1.82, 2.24) is 5.32 Å². The van der Waals surface area contributed by atoms with Crippen molar-refractivity contribution in [3.63, 3.8) is 0 Å². The molecule has 0 saturated heterocycles.